The van der Waals surface area contributed by atoms with Crippen molar-refractivity contribution in [3.63, 3.8) is 0 Å². The van der Waals surface area contributed by atoms with Gasteiger partial charge in [0.05, 0.1) is 7.11 Å². The average Bonchev–Trinajstić information content (AvgIpc) is 2.55. The molecule has 3 aromatic carbocycles. The number of rotatable bonds is 4. The molecule has 0 radical (unpaired) electrons. The fourth-order valence-electron chi connectivity index (χ4n) is 2.36. The summed E-state index contributed by atoms with van der Waals surface area (Å²) in [6.07, 6.45) is 0. The number of phenols is 1. The normalized spacial score (nSPS) is 10.7. The third-order valence-electron chi connectivity index (χ3n) is 3.44. The van der Waals surface area contributed by atoms with Crippen LogP contribution in [0.15, 0.2) is 65.6 Å². The zero-order chi connectivity index (χ0) is 14.7. The first-order chi connectivity index (χ1) is 10.3. The Hall–Kier alpha value is -2.13. The molecule has 3 rings (SSSR count). The highest BCUT2D eigenvalue weighted by atomic mass is 32.2. The van der Waals surface area contributed by atoms with Gasteiger partial charge in [-0.2, -0.15) is 0 Å². The molecule has 2 nitrogen and oxygen atoms in total. The fourth-order valence-corrected chi connectivity index (χ4v) is 3.41. The highest BCUT2D eigenvalue weighted by molar-refractivity contribution is 7.98. The van der Waals surface area contributed by atoms with Crippen LogP contribution in [0.25, 0.3) is 10.8 Å². The van der Waals surface area contributed by atoms with Gasteiger partial charge in [-0.05, 0) is 23.6 Å². The zero-order valence-electron chi connectivity index (χ0n) is 11.7. The predicted molar refractivity (Wildman–Crippen MR) is 88.2 cm³/mol. The van der Waals surface area contributed by atoms with Crippen molar-refractivity contribution in [1.29, 1.82) is 0 Å². The second-order valence-electron chi connectivity index (χ2n) is 4.73. The van der Waals surface area contributed by atoms with Crippen molar-refractivity contribution < 1.29 is 9.84 Å². The predicted octanol–water partition coefficient (Wildman–Crippen LogP) is 4.85. The van der Waals surface area contributed by atoms with Crippen LogP contribution in [0.4, 0.5) is 0 Å². The van der Waals surface area contributed by atoms with Crippen LogP contribution in [0, 0.1) is 0 Å². The largest absolute Gasteiger partial charge is 0.507 e. The molecule has 21 heavy (non-hydrogen) atoms. The molecule has 0 spiro atoms. The van der Waals surface area contributed by atoms with Crippen LogP contribution in [-0.2, 0) is 5.75 Å². The first kappa shape index (κ1) is 13.8. The van der Waals surface area contributed by atoms with Crippen molar-refractivity contribution in [2.75, 3.05) is 7.11 Å². The number of benzene rings is 3. The molecule has 0 amide bonds. The van der Waals surface area contributed by atoms with E-state index in [4.69, 9.17) is 4.74 Å². The third-order valence-corrected chi connectivity index (χ3v) is 4.56. The molecule has 0 heterocycles. The maximum Gasteiger partial charge on any atom is 0.123 e. The van der Waals surface area contributed by atoms with Crippen LogP contribution in [0.3, 0.4) is 0 Å². The van der Waals surface area contributed by atoms with Crippen LogP contribution in [0.1, 0.15) is 5.56 Å². The molecule has 0 aliphatic carbocycles. The molecule has 0 unspecified atom stereocenters. The lowest BCUT2D eigenvalue weighted by atomic mass is 10.1. The van der Waals surface area contributed by atoms with E-state index in [0.29, 0.717) is 5.75 Å². The van der Waals surface area contributed by atoms with Gasteiger partial charge in [0.2, 0.25) is 0 Å². The molecule has 0 bridgehead atoms. The maximum atomic E-state index is 9.93. The van der Waals surface area contributed by atoms with Gasteiger partial charge in [0.15, 0.2) is 0 Å². The molecule has 0 aromatic heterocycles. The average molecular weight is 296 g/mol. The number of hydrogen-bond donors (Lipinski definition) is 1. The number of phenolic OH excluding ortho intramolecular Hbond substituents is 1. The van der Waals surface area contributed by atoms with Crippen LogP contribution in [0.5, 0.6) is 11.5 Å². The van der Waals surface area contributed by atoms with Crippen molar-refractivity contribution in [3.05, 3.63) is 66.2 Å². The third kappa shape index (κ3) is 2.83. The SMILES string of the molecule is COc1ccccc1CSc1ccc(O)c2ccccc12. The molecule has 3 heteroatoms. The van der Waals surface area contributed by atoms with Gasteiger partial charge in [-0.15, -0.1) is 11.8 Å². The van der Waals surface area contributed by atoms with E-state index < -0.39 is 0 Å². The molecule has 1 N–H and O–H groups in total. The molecule has 0 fully saturated rings. The topological polar surface area (TPSA) is 29.5 Å². The van der Waals surface area contributed by atoms with Crippen molar-refractivity contribution in [3.8, 4) is 11.5 Å². The highest BCUT2D eigenvalue weighted by Crippen LogP contribution is 2.35. The second kappa shape index (κ2) is 6.10. The minimum atomic E-state index is 0.326. The van der Waals surface area contributed by atoms with Crippen LogP contribution in [0.2, 0.25) is 0 Å². The van der Waals surface area contributed by atoms with Crippen molar-refractivity contribution in [1.82, 2.24) is 0 Å². The molecule has 0 atom stereocenters. The number of methoxy groups -OCH3 is 1. The summed E-state index contributed by atoms with van der Waals surface area (Å²) in [6, 6.07) is 19.7. The number of para-hydroxylation sites is 1. The lowest BCUT2D eigenvalue weighted by Gasteiger charge is -2.10. The molecule has 0 saturated heterocycles. The summed E-state index contributed by atoms with van der Waals surface area (Å²) < 4.78 is 5.39. The second-order valence-corrected chi connectivity index (χ2v) is 5.75. The Bertz CT molecular complexity index is 768. The van der Waals surface area contributed by atoms with E-state index in [0.717, 1.165) is 27.2 Å². The Morgan fingerprint density at radius 2 is 1.62 bits per heavy atom. The first-order valence-corrected chi connectivity index (χ1v) is 7.73. The molecule has 3 aromatic rings. The lowest BCUT2D eigenvalue weighted by molar-refractivity contribution is 0.411. The lowest BCUT2D eigenvalue weighted by Crippen LogP contribution is -1.89. The quantitative estimate of drug-likeness (QED) is 0.698. The Morgan fingerprint density at radius 1 is 0.905 bits per heavy atom. The molecule has 106 valence electrons. The van der Waals surface area contributed by atoms with Crippen LogP contribution >= 0.6 is 11.8 Å². The number of aromatic hydroxyl groups is 1. The summed E-state index contributed by atoms with van der Waals surface area (Å²) in [5, 5.41) is 11.9. The van der Waals surface area contributed by atoms with Gasteiger partial charge in [0.25, 0.3) is 0 Å². The van der Waals surface area contributed by atoms with E-state index in [2.05, 4.69) is 6.07 Å². The van der Waals surface area contributed by atoms with E-state index in [-0.39, 0.29) is 0 Å². The van der Waals surface area contributed by atoms with Crippen molar-refractivity contribution >= 4 is 22.5 Å². The van der Waals surface area contributed by atoms with Gasteiger partial charge in [0, 0.05) is 21.6 Å². The first-order valence-electron chi connectivity index (χ1n) is 6.75. The summed E-state index contributed by atoms with van der Waals surface area (Å²) in [4.78, 5) is 1.16. The van der Waals surface area contributed by atoms with E-state index in [1.165, 1.54) is 5.56 Å². The highest BCUT2D eigenvalue weighted by Gasteiger charge is 2.07. The van der Waals surface area contributed by atoms with Crippen LogP contribution < -0.4 is 4.74 Å². The van der Waals surface area contributed by atoms with Crippen molar-refractivity contribution in [2.45, 2.75) is 10.6 Å². The van der Waals surface area contributed by atoms with Crippen molar-refractivity contribution in [2.24, 2.45) is 0 Å². The van der Waals surface area contributed by atoms with Gasteiger partial charge in [-0.3, -0.25) is 0 Å². The van der Waals surface area contributed by atoms with E-state index >= 15 is 0 Å². The molecular weight excluding hydrogens is 280 g/mol. The van der Waals surface area contributed by atoms with Gasteiger partial charge >= 0.3 is 0 Å². The van der Waals surface area contributed by atoms with Gasteiger partial charge in [-0.25, -0.2) is 0 Å². The van der Waals surface area contributed by atoms with E-state index in [9.17, 15) is 5.11 Å². The summed E-state index contributed by atoms with van der Waals surface area (Å²) in [7, 11) is 1.69. The minimum Gasteiger partial charge on any atom is -0.507 e. The Balaban J connectivity index is 1.91. The van der Waals surface area contributed by atoms with Gasteiger partial charge in [0.1, 0.15) is 11.5 Å². The molecule has 0 aliphatic heterocycles. The van der Waals surface area contributed by atoms with E-state index in [1.54, 1.807) is 24.9 Å². The summed E-state index contributed by atoms with van der Waals surface area (Å²) in [5.41, 5.74) is 1.17. The number of fused-ring (bicyclic) bond motifs is 1. The molecule has 0 aliphatic rings. The summed E-state index contributed by atoms with van der Waals surface area (Å²) >= 11 is 1.75. The fraction of sp³-hybridized carbons (Fsp3) is 0.111. The van der Waals surface area contributed by atoms with Crippen LogP contribution in [-0.4, -0.2) is 12.2 Å². The monoisotopic (exact) mass is 296 g/mol. The zero-order valence-corrected chi connectivity index (χ0v) is 12.6. The minimum absolute atomic E-state index is 0.326. The molecular formula is C18H16O2S. The Morgan fingerprint density at radius 3 is 2.43 bits per heavy atom. The molecule has 0 saturated carbocycles. The number of hydrogen-bond acceptors (Lipinski definition) is 3. The maximum absolute atomic E-state index is 9.93. The van der Waals surface area contributed by atoms with Gasteiger partial charge in [-0.1, -0.05) is 42.5 Å². The Kier molecular flexibility index (Phi) is 4.02. The van der Waals surface area contributed by atoms with E-state index in [1.807, 2.05) is 48.5 Å². The smallest absolute Gasteiger partial charge is 0.123 e. The summed E-state index contributed by atoms with van der Waals surface area (Å²) in [5.74, 6) is 2.07. The number of ether oxygens (including phenoxy) is 1. The van der Waals surface area contributed by atoms with Gasteiger partial charge < -0.3 is 9.84 Å². The number of thioether (sulfide) groups is 1. The standard InChI is InChI=1S/C18H16O2S/c1-20-17-9-5-2-6-13(17)12-21-18-11-10-16(19)14-7-3-4-8-15(14)18/h2-11,19H,12H2,1H3. The Labute approximate surface area is 128 Å². The summed E-state index contributed by atoms with van der Waals surface area (Å²) in [6.45, 7) is 0.